The summed E-state index contributed by atoms with van der Waals surface area (Å²) in [5.74, 6) is 0.732. The van der Waals surface area contributed by atoms with E-state index in [-0.39, 0.29) is 0 Å². The molecule has 0 saturated carbocycles. The summed E-state index contributed by atoms with van der Waals surface area (Å²) in [6, 6.07) is 9.55. The maximum atomic E-state index is 5.54. The minimum atomic E-state index is 0.668. The number of hydrogen-bond acceptors (Lipinski definition) is 2. The fraction of sp³-hybridized carbons (Fsp3) is 0.625. The van der Waals surface area contributed by atoms with Crippen LogP contribution in [-0.4, -0.2) is 25.8 Å². The van der Waals surface area contributed by atoms with Gasteiger partial charge in [-0.3, -0.25) is 0 Å². The van der Waals surface area contributed by atoms with Crippen LogP contribution in [0.15, 0.2) is 24.3 Å². The molecule has 0 amide bonds. The first-order valence-corrected chi connectivity index (χ1v) is 7.30. The SMILES string of the molecule is c1ccc2c(c1)CCC(NCC1CCCOC1)C2. The van der Waals surface area contributed by atoms with Crippen molar-refractivity contribution in [2.45, 2.75) is 38.1 Å². The van der Waals surface area contributed by atoms with Crippen LogP contribution in [0.4, 0.5) is 0 Å². The summed E-state index contributed by atoms with van der Waals surface area (Å²) >= 11 is 0. The van der Waals surface area contributed by atoms with Gasteiger partial charge in [0.25, 0.3) is 0 Å². The zero-order chi connectivity index (χ0) is 12.2. The minimum absolute atomic E-state index is 0.668. The molecule has 1 aliphatic heterocycles. The predicted octanol–water partition coefficient (Wildman–Crippen LogP) is 2.56. The summed E-state index contributed by atoms with van der Waals surface area (Å²) in [5.41, 5.74) is 3.10. The van der Waals surface area contributed by atoms with Crippen molar-refractivity contribution in [2.24, 2.45) is 5.92 Å². The van der Waals surface area contributed by atoms with E-state index in [2.05, 4.69) is 29.6 Å². The minimum Gasteiger partial charge on any atom is -0.381 e. The van der Waals surface area contributed by atoms with Crippen LogP contribution in [0.1, 0.15) is 30.4 Å². The molecule has 2 atom stereocenters. The van der Waals surface area contributed by atoms with E-state index in [0.717, 1.165) is 25.7 Å². The number of nitrogens with one attached hydrogen (secondary N) is 1. The molecule has 2 unspecified atom stereocenters. The highest BCUT2D eigenvalue weighted by molar-refractivity contribution is 5.30. The van der Waals surface area contributed by atoms with Gasteiger partial charge < -0.3 is 10.1 Å². The van der Waals surface area contributed by atoms with E-state index in [0.29, 0.717) is 6.04 Å². The lowest BCUT2D eigenvalue weighted by Crippen LogP contribution is -2.39. The molecule has 1 N–H and O–H groups in total. The summed E-state index contributed by atoms with van der Waals surface area (Å²) in [4.78, 5) is 0. The zero-order valence-electron chi connectivity index (χ0n) is 11.0. The first-order valence-electron chi connectivity index (χ1n) is 7.30. The zero-order valence-corrected chi connectivity index (χ0v) is 11.0. The Morgan fingerprint density at radius 2 is 2.06 bits per heavy atom. The van der Waals surface area contributed by atoms with Gasteiger partial charge in [0.1, 0.15) is 0 Å². The third kappa shape index (κ3) is 2.93. The Hall–Kier alpha value is -0.860. The number of hydrogen-bond donors (Lipinski definition) is 1. The average Bonchev–Trinajstić information content (AvgIpc) is 2.46. The summed E-state index contributed by atoms with van der Waals surface area (Å²) in [7, 11) is 0. The van der Waals surface area contributed by atoms with Crippen LogP contribution in [0, 0.1) is 5.92 Å². The van der Waals surface area contributed by atoms with Crippen LogP contribution in [0.2, 0.25) is 0 Å². The predicted molar refractivity (Wildman–Crippen MR) is 73.8 cm³/mol. The molecule has 18 heavy (non-hydrogen) atoms. The van der Waals surface area contributed by atoms with Crippen molar-refractivity contribution in [1.82, 2.24) is 5.32 Å². The van der Waals surface area contributed by atoms with Crippen LogP contribution in [0.3, 0.4) is 0 Å². The molecule has 1 aromatic rings. The Bertz CT molecular complexity index is 384. The third-order valence-electron chi connectivity index (χ3n) is 4.30. The standard InChI is InChI=1S/C16H23NO/c1-2-6-15-10-16(8-7-14(15)5-1)17-11-13-4-3-9-18-12-13/h1-2,5-6,13,16-17H,3-4,7-12H2. The highest BCUT2D eigenvalue weighted by Crippen LogP contribution is 2.21. The van der Waals surface area contributed by atoms with Gasteiger partial charge in [-0.15, -0.1) is 0 Å². The van der Waals surface area contributed by atoms with Crippen molar-refractivity contribution in [2.75, 3.05) is 19.8 Å². The second-order valence-electron chi connectivity index (χ2n) is 5.70. The highest BCUT2D eigenvalue weighted by atomic mass is 16.5. The molecule has 3 rings (SSSR count). The van der Waals surface area contributed by atoms with Gasteiger partial charge >= 0.3 is 0 Å². The smallest absolute Gasteiger partial charge is 0.0506 e. The lowest BCUT2D eigenvalue weighted by molar-refractivity contribution is 0.0536. The van der Waals surface area contributed by atoms with Crippen molar-refractivity contribution in [3.05, 3.63) is 35.4 Å². The van der Waals surface area contributed by atoms with Gasteiger partial charge in [0, 0.05) is 19.2 Å². The summed E-state index contributed by atoms with van der Waals surface area (Å²) in [5, 5.41) is 3.75. The number of aryl methyl sites for hydroxylation is 1. The van der Waals surface area contributed by atoms with Crippen molar-refractivity contribution in [1.29, 1.82) is 0 Å². The van der Waals surface area contributed by atoms with Crippen molar-refractivity contribution < 1.29 is 4.74 Å². The lowest BCUT2D eigenvalue weighted by Gasteiger charge is -2.29. The van der Waals surface area contributed by atoms with Gasteiger partial charge in [0.15, 0.2) is 0 Å². The second kappa shape index (κ2) is 5.85. The Morgan fingerprint density at radius 3 is 2.89 bits per heavy atom. The van der Waals surface area contributed by atoms with Gasteiger partial charge in [-0.25, -0.2) is 0 Å². The van der Waals surface area contributed by atoms with E-state index in [1.54, 1.807) is 11.1 Å². The molecule has 2 nitrogen and oxygen atoms in total. The molecule has 2 heteroatoms. The average molecular weight is 245 g/mol. The largest absolute Gasteiger partial charge is 0.381 e. The fourth-order valence-corrected chi connectivity index (χ4v) is 3.17. The molecule has 1 aromatic carbocycles. The molecule has 1 fully saturated rings. The van der Waals surface area contributed by atoms with E-state index < -0.39 is 0 Å². The third-order valence-corrected chi connectivity index (χ3v) is 4.30. The maximum Gasteiger partial charge on any atom is 0.0506 e. The topological polar surface area (TPSA) is 21.3 Å². The van der Waals surface area contributed by atoms with Crippen LogP contribution >= 0.6 is 0 Å². The second-order valence-corrected chi connectivity index (χ2v) is 5.70. The van der Waals surface area contributed by atoms with Crippen molar-refractivity contribution in [3.63, 3.8) is 0 Å². The van der Waals surface area contributed by atoms with Crippen molar-refractivity contribution in [3.8, 4) is 0 Å². The molecule has 2 aliphatic rings. The van der Waals surface area contributed by atoms with Gasteiger partial charge in [-0.2, -0.15) is 0 Å². The fourth-order valence-electron chi connectivity index (χ4n) is 3.17. The van der Waals surface area contributed by atoms with Gasteiger partial charge in [-0.1, -0.05) is 24.3 Å². The van der Waals surface area contributed by atoms with E-state index in [4.69, 9.17) is 4.74 Å². The molecule has 1 saturated heterocycles. The first-order chi connectivity index (χ1) is 8.92. The molecule has 0 bridgehead atoms. The highest BCUT2D eigenvalue weighted by Gasteiger charge is 2.20. The van der Waals surface area contributed by atoms with E-state index in [1.165, 1.54) is 32.1 Å². The normalized spacial score (nSPS) is 27.8. The molecule has 1 heterocycles. The molecule has 0 aromatic heterocycles. The number of ether oxygens (including phenoxy) is 1. The molecular weight excluding hydrogens is 222 g/mol. The van der Waals surface area contributed by atoms with Gasteiger partial charge in [-0.05, 0) is 49.1 Å². The summed E-state index contributed by atoms with van der Waals surface area (Å²) < 4.78 is 5.54. The maximum absolute atomic E-state index is 5.54. The number of fused-ring (bicyclic) bond motifs is 1. The van der Waals surface area contributed by atoms with Gasteiger partial charge in [0.2, 0.25) is 0 Å². The van der Waals surface area contributed by atoms with Gasteiger partial charge in [0.05, 0.1) is 6.61 Å². The Labute approximate surface area is 110 Å². The summed E-state index contributed by atoms with van der Waals surface area (Å²) in [6.45, 7) is 3.05. The van der Waals surface area contributed by atoms with Crippen molar-refractivity contribution >= 4 is 0 Å². The number of benzene rings is 1. The Morgan fingerprint density at radius 1 is 1.17 bits per heavy atom. The monoisotopic (exact) mass is 245 g/mol. The van der Waals surface area contributed by atoms with Crippen LogP contribution in [0.5, 0.6) is 0 Å². The lowest BCUT2D eigenvalue weighted by atomic mass is 9.88. The van der Waals surface area contributed by atoms with Crippen LogP contribution in [0.25, 0.3) is 0 Å². The molecule has 98 valence electrons. The van der Waals surface area contributed by atoms with Crippen LogP contribution < -0.4 is 5.32 Å². The Kier molecular flexibility index (Phi) is 3.96. The first kappa shape index (κ1) is 12.2. The molecule has 1 aliphatic carbocycles. The quantitative estimate of drug-likeness (QED) is 0.883. The molecular formula is C16H23NO. The summed E-state index contributed by atoms with van der Waals surface area (Å²) in [6.07, 6.45) is 6.28. The molecule has 0 spiro atoms. The number of rotatable bonds is 3. The van der Waals surface area contributed by atoms with E-state index in [1.807, 2.05) is 0 Å². The molecule has 0 radical (unpaired) electrons. The van der Waals surface area contributed by atoms with Crippen LogP contribution in [-0.2, 0) is 17.6 Å². The Balaban J connectivity index is 1.50. The van der Waals surface area contributed by atoms with E-state index in [9.17, 15) is 0 Å². The van der Waals surface area contributed by atoms with E-state index >= 15 is 0 Å².